The second-order valence-electron chi connectivity index (χ2n) is 4.70. The van der Waals surface area contributed by atoms with Crippen molar-refractivity contribution in [3.8, 4) is 5.75 Å². The largest absolute Gasteiger partial charge is 0.502 e. The number of rotatable bonds is 6. The number of hydrogen-bond acceptors (Lipinski definition) is 6. The number of carboxylic acids is 1. The molecule has 2 rings (SSSR count). The van der Waals surface area contributed by atoms with Gasteiger partial charge in [-0.3, -0.25) is 9.59 Å². The molecule has 1 fully saturated rings. The monoisotopic (exact) mass is 316 g/mol. The summed E-state index contributed by atoms with van der Waals surface area (Å²) in [5.41, 5.74) is -0.419. The maximum atomic E-state index is 11.4. The van der Waals surface area contributed by atoms with Gasteiger partial charge in [0.2, 0.25) is 5.43 Å². The van der Waals surface area contributed by atoms with Gasteiger partial charge in [-0.15, -0.1) is 0 Å². The zero-order valence-corrected chi connectivity index (χ0v) is 12.4. The average Bonchev–Trinajstić information content (AvgIpc) is 2.86. The smallest absolute Gasteiger partial charge is 0.303 e. The van der Waals surface area contributed by atoms with Gasteiger partial charge in [0, 0.05) is 29.4 Å². The summed E-state index contributed by atoms with van der Waals surface area (Å²) in [6.45, 7) is 0. The Balaban J connectivity index is 1.94. The summed E-state index contributed by atoms with van der Waals surface area (Å²) < 4.78 is 5.33. The number of aliphatic carboxylic acids is 1. The van der Waals surface area contributed by atoms with Gasteiger partial charge >= 0.3 is 5.97 Å². The zero-order valence-electron chi connectivity index (χ0n) is 10.8. The highest BCUT2D eigenvalue weighted by Crippen LogP contribution is 2.48. The minimum absolute atomic E-state index is 0.142. The molecule has 2 heterocycles. The van der Waals surface area contributed by atoms with Crippen LogP contribution in [0.2, 0.25) is 0 Å². The van der Waals surface area contributed by atoms with Crippen molar-refractivity contribution in [3.63, 3.8) is 0 Å². The van der Waals surface area contributed by atoms with Gasteiger partial charge in [0.25, 0.3) is 0 Å². The van der Waals surface area contributed by atoms with Gasteiger partial charge in [0.1, 0.15) is 12.0 Å². The highest BCUT2D eigenvalue weighted by atomic mass is 33.1. The molecule has 0 spiro atoms. The van der Waals surface area contributed by atoms with E-state index < -0.39 is 11.4 Å². The second-order valence-corrected chi connectivity index (χ2v) is 7.35. The fourth-order valence-corrected chi connectivity index (χ4v) is 5.56. The number of carboxylic acid groups (broad SMARTS) is 1. The molecule has 2 N–H and O–H groups in total. The van der Waals surface area contributed by atoms with Crippen LogP contribution in [-0.2, 0) is 4.79 Å². The van der Waals surface area contributed by atoms with Gasteiger partial charge in [-0.05, 0) is 12.8 Å². The Bertz CT molecular complexity index is 528. The molecule has 1 aromatic rings. The van der Waals surface area contributed by atoms with Crippen molar-refractivity contribution in [1.29, 1.82) is 0 Å². The molecule has 1 aliphatic rings. The Kier molecular flexibility index (Phi) is 5.42. The Morgan fingerprint density at radius 3 is 2.95 bits per heavy atom. The van der Waals surface area contributed by atoms with Crippen LogP contribution in [0.3, 0.4) is 0 Å². The first-order valence-corrected chi connectivity index (χ1v) is 8.78. The predicted molar refractivity (Wildman–Crippen MR) is 79.3 cm³/mol. The number of unbranched alkanes of at least 4 members (excludes halogenated alkanes) is 1. The molecule has 1 unspecified atom stereocenters. The predicted octanol–water partition coefficient (Wildman–Crippen LogP) is 2.84. The third kappa shape index (κ3) is 3.96. The third-order valence-electron chi connectivity index (χ3n) is 3.22. The molecule has 0 aromatic carbocycles. The number of hydrogen-bond donors (Lipinski definition) is 2. The van der Waals surface area contributed by atoms with Crippen molar-refractivity contribution < 1.29 is 19.4 Å². The first-order chi connectivity index (χ1) is 9.58. The van der Waals surface area contributed by atoms with Gasteiger partial charge in [-0.1, -0.05) is 28.0 Å². The van der Waals surface area contributed by atoms with Crippen molar-refractivity contribution in [1.82, 2.24) is 0 Å². The van der Waals surface area contributed by atoms with E-state index in [1.54, 1.807) is 21.6 Å². The molecule has 1 saturated heterocycles. The van der Waals surface area contributed by atoms with Crippen LogP contribution in [0.4, 0.5) is 0 Å². The molecule has 5 nitrogen and oxygen atoms in total. The molecule has 0 saturated carbocycles. The standard InChI is InChI=1S/C13H16O5S2/c14-9-5-11(18-6-10(9)15)8-7-19-20-12(8)3-1-2-4-13(16)17/h5-6,8,12,15H,1-4,7H2,(H,16,17)/t8?,12-/m0/s1. The third-order valence-corrected chi connectivity index (χ3v) is 6.22. The van der Waals surface area contributed by atoms with E-state index in [0.717, 1.165) is 24.9 Å². The van der Waals surface area contributed by atoms with E-state index in [0.29, 0.717) is 17.4 Å². The number of aromatic hydroxyl groups is 1. The van der Waals surface area contributed by atoms with E-state index in [2.05, 4.69) is 0 Å². The molecule has 1 aliphatic heterocycles. The van der Waals surface area contributed by atoms with Crippen molar-refractivity contribution in [3.05, 3.63) is 28.3 Å². The fourth-order valence-electron chi connectivity index (χ4n) is 2.12. The van der Waals surface area contributed by atoms with Crippen LogP contribution in [0.15, 0.2) is 21.5 Å². The summed E-state index contributed by atoms with van der Waals surface area (Å²) in [6, 6.07) is 1.36. The lowest BCUT2D eigenvalue weighted by Crippen LogP contribution is -2.14. The molecule has 1 aromatic heterocycles. The molecule has 7 heteroatoms. The van der Waals surface area contributed by atoms with E-state index in [1.165, 1.54) is 6.07 Å². The van der Waals surface area contributed by atoms with E-state index >= 15 is 0 Å². The first kappa shape index (κ1) is 15.3. The fraction of sp³-hybridized carbons (Fsp3) is 0.538. The SMILES string of the molecule is O=C(O)CCCC[C@@H]1SSCC1c1cc(=O)c(O)co1. The van der Waals surface area contributed by atoms with Gasteiger partial charge in [0.05, 0.1) is 0 Å². The van der Waals surface area contributed by atoms with E-state index in [4.69, 9.17) is 9.52 Å². The summed E-state index contributed by atoms with van der Waals surface area (Å²) in [6.07, 6.45) is 3.71. The molecule has 0 aliphatic carbocycles. The van der Waals surface area contributed by atoms with Crippen LogP contribution in [0.5, 0.6) is 5.75 Å². The minimum Gasteiger partial charge on any atom is -0.502 e. The molecule has 2 atom stereocenters. The first-order valence-electron chi connectivity index (χ1n) is 6.39. The van der Waals surface area contributed by atoms with Crippen molar-refractivity contribution in [2.24, 2.45) is 0 Å². The van der Waals surface area contributed by atoms with E-state index in [9.17, 15) is 14.7 Å². The van der Waals surface area contributed by atoms with E-state index in [1.807, 2.05) is 0 Å². The lowest BCUT2D eigenvalue weighted by molar-refractivity contribution is -0.137. The maximum Gasteiger partial charge on any atom is 0.303 e. The molecule has 110 valence electrons. The highest BCUT2D eigenvalue weighted by molar-refractivity contribution is 8.77. The molecular formula is C13H16O5S2. The lowest BCUT2D eigenvalue weighted by atomic mass is 9.98. The van der Waals surface area contributed by atoms with Gasteiger partial charge in [-0.2, -0.15) is 0 Å². The minimum atomic E-state index is -0.764. The molecule has 0 radical (unpaired) electrons. The van der Waals surface area contributed by atoms with Crippen molar-refractivity contribution >= 4 is 27.6 Å². The quantitative estimate of drug-likeness (QED) is 0.616. The summed E-state index contributed by atoms with van der Waals surface area (Å²) in [7, 11) is 3.49. The molecule has 0 bridgehead atoms. The zero-order chi connectivity index (χ0) is 14.5. The van der Waals surface area contributed by atoms with Crippen LogP contribution < -0.4 is 5.43 Å². The van der Waals surface area contributed by atoms with Gasteiger partial charge in [0.15, 0.2) is 5.75 Å². The molecular weight excluding hydrogens is 300 g/mol. The van der Waals surface area contributed by atoms with Crippen LogP contribution >= 0.6 is 21.6 Å². The Morgan fingerprint density at radius 1 is 1.45 bits per heavy atom. The normalized spacial score (nSPS) is 22.0. The summed E-state index contributed by atoms with van der Waals surface area (Å²) in [4.78, 5) is 21.9. The van der Waals surface area contributed by atoms with Crippen LogP contribution in [-0.4, -0.2) is 27.2 Å². The molecule has 0 amide bonds. The molecule has 20 heavy (non-hydrogen) atoms. The summed E-state index contributed by atoms with van der Waals surface area (Å²) >= 11 is 0. The van der Waals surface area contributed by atoms with Gasteiger partial charge < -0.3 is 14.6 Å². The van der Waals surface area contributed by atoms with E-state index in [-0.39, 0.29) is 18.1 Å². The topological polar surface area (TPSA) is 87.7 Å². The summed E-state index contributed by atoms with van der Waals surface area (Å²) in [5, 5.41) is 18.1. The van der Waals surface area contributed by atoms with Crippen molar-refractivity contribution in [2.45, 2.75) is 36.9 Å². The lowest BCUT2D eigenvalue weighted by Gasteiger charge is -2.16. The number of carbonyl (C=O) groups is 1. The Labute approximate surface area is 124 Å². The Hall–Kier alpha value is -1.08. The second kappa shape index (κ2) is 7.08. The highest BCUT2D eigenvalue weighted by Gasteiger charge is 2.32. The maximum absolute atomic E-state index is 11.4. The van der Waals surface area contributed by atoms with Gasteiger partial charge in [-0.25, -0.2) is 0 Å². The van der Waals surface area contributed by atoms with Crippen LogP contribution in [0, 0.1) is 0 Å². The summed E-state index contributed by atoms with van der Waals surface area (Å²) in [5.74, 6) is 0.475. The van der Waals surface area contributed by atoms with Crippen molar-refractivity contribution in [2.75, 3.05) is 5.75 Å². The van der Waals surface area contributed by atoms with Crippen LogP contribution in [0.25, 0.3) is 0 Å². The Morgan fingerprint density at radius 2 is 2.25 bits per heavy atom. The average molecular weight is 316 g/mol. The van der Waals surface area contributed by atoms with Crippen LogP contribution in [0.1, 0.15) is 37.4 Å².